The molecule has 0 saturated heterocycles. The Bertz CT molecular complexity index is 403. The molecule has 0 aliphatic heterocycles. The van der Waals surface area contributed by atoms with E-state index in [4.69, 9.17) is 4.84 Å². The third-order valence-electron chi connectivity index (χ3n) is 2.07. The molecule has 16 heavy (non-hydrogen) atoms. The molecule has 0 spiro atoms. The third-order valence-corrected chi connectivity index (χ3v) is 2.07. The second kappa shape index (κ2) is 4.56. The van der Waals surface area contributed by atoms with Crippen molar-refractivity contribution in [3.63, 3.8) is 0 Å². The van der Waals surface area contributed by atoms with Gasteiger partial charge in [-0.2, -0.15) is 0 Å². The normalized spacial score (nSPS) is 12.7. The molecule has 0 radical (unpaired) electrons. The van der Waals surface area contributed by atoms with Gasteiger partial charge in [0, 0.05) is 0 Å². The topological polar surface area (TPSA) is 41.8 Å². The first-order valence-electron chi connectivity index (χ1n) is 5.32. The van der Waals surface area contributed by atoms with Crippen LogP contribution < -0.4 is 0 Å². The Morgan fingerprint density at radius 1 is 1.31 bits per heavy atom. The van der Waals surface area contributed by atoms with Crippen LogP contribution in [0.5, 0.6) is 5.75 Å². The number of benzene rings is 1. The Labute approximate surface area is 96.7 Å². The lowest BCUT2D eigenvalue weighted by Crippen LogP contribution is -2.16. The average molecular weight is 221 g/mol. The van der Waals surface area contributed by atoms with Crippen molar-refractivity contribution < 1.29 is 9.94 Å². The summed E-state index contributed by atoms with van der Waals surface area (Å²) in [5.74, 6) is 0.299. The molecule has 1 aromatic rings. The van der Waals surface area contributed by atoms with Crippen LogP contribution in [0.15, 0.2) is 23.4 Å². The van der Waals surface area contributed by atoms with Crippen LogP contribution >= 0.6 is 0 Å². The van der Waals surface area contributed by atoms with Crippen LogP contribution in [0.25, 0.3) is 0 Å². The van der Waals surface area contributed by atoms with Crippen LogP contribution in [0.3, 0.4) is 0 Å². The molecule has 0 bridgehead atoms. The van der Waals surface area contributed by atoms with E-state index in [-0.39, 0.29) is 5.60 Å². The molecule has 0 saturated carbocycles. The molecular formula is C13H19NO2. The number of aromatic hydroxyl groups is 1. The van der Waals surface area contributed by atoms with Crippen molar-refractivity contribution in [3.8, 4) is 5.75 Å². The zero-order chi connectivity index (χ0) is 12.3. The minimum atomic E-state index is -0.285. The summed E-state index contributed by atoms with van der Waals surface area (Å²) in [7, 11) is 0. The number of hydrogen-bond acceptors (Lipinski definition) is 3. The molecule has 0 aliphatic carbocycles. The van der Waals surface area contributed by atoms with E-state index in [2.05, 4.69) is 5.16 Å². The van der Waals surface area contributed by atoms with Crippen LogP contribution in [0.1, 0.15) is 38.8 Å². The third kappa shape index (κ3) is 3.57. The highest BCUT2D eigenvalue weighted by atomic mass is 16.6. The molecule has 88 valence electrons. The lowest BCUT2D eigenvalue weighted by Gasteiger charge is -2.16. The van der Waals surface area contributed by atoms with Crippen LogP contribution in [0.2, 0.25) is 0 Å². The minimum absolute atomic E-state index is 0.285. The Balaban J connectivity index is 2.88. The van der Waals surface area contributed by atoms with Crippen LogP contribution in [-0.4, -0.2) is 16.4 Å². The zero-order valence-electron chi connectivity index (χ0n) is 10.5. The summed E-state index contributed by atoms with van der Waals surface area (Å²) in [5.41, 5.74) is 2.31. The van der Waals surface area contributed by atoms with E-state index in [0.717, 1.165) is 16.8 Å². The highest BCUT2D eigenvalue weighted by Gasteiger charge is 2.10. The minimum Gasteiger partial charge on any atom is -0.508 e. The quantitative estimate of drug-likeness (QED) is 0.615. The first kappa shape index (κ1) is 12.6. The number of phenolic OH excluding ortho intramolecular Hbond substituents is 1. The molecule has 1 rings (SSSR count). The highest BCUT2D eigenvalue weighted by Crippen LogP contribution is 2.18. The van der Waals surface area contributed by atoms with E-state index >= 15 is 0 Å². The second-order valence-corrected chi connectivity index (χ2v) is 4.88. The molecule has 0 fully saturated rings. The van der Waals surface area contributed by atoms with Gasteiger partial charge in [0.05, 0.1) is 5.71 Å². The average Bonchev–Trinajstić information content (AvgIpc) is 2.17. The van der Waals surface area contributed by atoms with Gasteiger partial charge in [-0.25, -0.2) is 0 Å². The van der Waals surface area contributed by atoms with Crippen LogP contribution in [-0.2, 0) is 4.84 Å². The van der Waals surface area contributed by atoms with Gasteiger partial charge in [0.2, 0.25) is 0 Å². The van der Waals surface area contributed by atoms with E-state index < -0.39 is 0 Å². The lowest BCUT2D eigenvalue weighted by atomic mass is 10.1. The molecule has 3 heteroatoms. The Morgan fingerprint density at radius 2 is 1.94 bits per heavy atom. The predicted molar refractivity (Wildman–Crippen MR) is 65.9 cm³/mol. The van der Waals surface area contributed by atoms with Crippen LogP contribution in [0.4, 0.5) is 0 Å². The van der Waals surface area contributed by atoms with Crippen LogP contribution in [0, 0.1) is 6.92 Å². The molecule has 1 aromatic carbocycles. The predicted octanol–water partition coefficient (Wildman–Crippen LogP) is 3.24. The van der Waals surface area contributed by atoms with Crippen molar-refractivity contribution in [3.05, 3.63) is 29.3 Å². The maximum absolute atomic E-state index is 9.41. The van der Waals surface area contributed by atoms with Gasteiger partial charge in [-0.15, -0.1) is 0 Å². The monoisotopic (exact) mass is 221 g/mol. The number of oxime groups is 1. The molecule has 0 atom stereocenters. The molecule has 3 nitrogen and oxygen atoms in total. The second-order valence-electron chi connectivity index (χ2n) is 4.88. The zero-order valence-corrected chi connectivity index (χ0v) is 10.5. The van der Waals surface area contributed by atoms with Gasteiger partial charge >= 0.3 is 0 Å². The fraction of sp³-hybridized carbons (Fsp3) is 0.462. The Morgan fingerprint density at radius 3 is 2.44 bits per heavy atom. The molecule has 0 unspecified atom stereocenters. The molecule has 1 N–H and O–H groups in total. The van der Waals surface area contributed by atoms with E-state index in [0.29, 0.717) is 5.75 Å². The summed E-state index contributed by atoms with van der Waals surface area (Å²) in [6.07, 6.45) is 0. The summed E-state index contributed by atoms with van der Waals surface area (Å²) in [4.78, 5) is 5.34. The largest absolute Gasteiger partial charge is 0.508 e. The van der Waals surface area contributed by atoms with Gasteiger partial charge in [-0.3, -0.25) is 0 Å². The highest BCUT2D eigenvalue weighted by molar-refractivity contribution is 5.98. The number of rotatable bonds is 2. The van der Waals surface area contributed by atoms with Gasteiger partial charge in [0.15, 0.2) is 0 Å². The van der Waals surface area contributed by atoms with Gasteiger partial charge in [0.1, 0.15) is 11.4 Å². The first-order valence-corrected chi connectivity index (χ1v) is 5.32. The van der Waals surface area contributed by atoms with Crippen molar-refractivity contribution in [2.24, 2.45) is 5.16 Å². The maximum Gasteiger partial charge on any atom is 0.129 e. The summed E-state index contributed by atoms with van der Waals surface area (Å²) in [6, 6.07) is 5.38. The molecular weight excluding hydrogens is 202 g/mol. The molecule has 0 aromatic heterocycles. The number of phenols is 1. The van der Waals surface area contributed by atoms with E-state index in [1.165, 1.54) is 0 Å². The fourth-order valence-corrected chi connectivity index (χ4v) is 1.14. The summed E-state index contributed by atoms with van der Waals surface area (Å²) < 4.78 is 0. The lowest BCUT2D eigenvalue weighted by molar-refractivity contribution is 0.000954. The standard InChI is InChI=1S/C13H19NO2/c1-9-8-11(6-7-12(9)15)10(2)14-16-13(3,4)5/h6-8,15H,1-5H3. The Kier molecular flexibility index (Phi) is 3.58. The van der Waals surface area contributed by atoms with Gasteiger partial charge < -0.3 is 9.94 Å². The maximum atomic E-state index is 9.41. The van der Waals surface area contributed by atoms with Crippen molar-refractivity contribution in [1.82, 2.24) is 0 Å². The SMILES string of the molecule is CC(=NOC(C)(C)C)c1ccc(O)c(C)c1. The number of nitrogens with zero attached hydrogens (tertiary/aromatic N) is 1. The van der Waals surface area contributed by atoms with Crippen molar-refractivity contribution in [2.45, 2.75) is 40.2 Å². The van der Waals surface area contributed by atoms with Gasteiger partial charge in [-0.05, 0) is 63.9 Å². The molecule has 0 heterocycles. The van der Waals surface area contributed by atoms with Gasteiger partial charge in [0.25, 0.3) is 0 Å². The van der Waals surface area contributed by atoms with Gasteiger partial charge in [-0.1, -0.05) is 5.16 Å². The fourth-order valence-electron chi connectivity index (χ4n) is 1.14. The smallest absolute Gasteiger partial charge is 0.129 e. The number of aryl methyl sites for hydroxylation is 1. The molecule has 0 amide bonds. The van der Waals surface area contributed by atoms with Crippen molar-refractivity contribution in [2.75, 3.05) is 0 Å². The van der Waals surface area contributed by atoms with E-state index in [9.17, 15) is 5.11 Å². The Hall–Kier alpha value is -1.51. The summed E-state index contributed by atoms with van der Waals surface area (Å²) >= 11 is 0. The van der Waals surface area contributed by atoms with Crippen molar-refractivity contribution in [1.29, 1.82) is 0 Å². The summed E-state index contributed by atoms with van der Waals surface area (Å²) in [5, 5.41) is 13.5. The number of hydrogen-bond donors (Lipinski definition) is 1. The molecule has 0 aliphatic rings. The van der Waals surface area contributed by atoms with E-state index in [1.807, 2.05) is 46.8 Å². The van der Waals surface area contributed by atoms with E-state index in [1.54, 1.807) is 6.07 Å². The van der Waals surface area contributed by atoms with Crippen molar-refractivity contribution >= 4 is 5.71 Å². The summed E-state index contributed by atoms with van der Waals surface area (Å²) in [6.45, 7) is 9.60. The first-order chi connectivity index (χ1) is 7.29.